The summed E-state index contributed by atoms with van der Waals surface area (Å²) in [4.78, 5) is 11.9. The van der Waals surface area contributed by atoms with Gasteiger partial charge in [0.15, 0.2) is 5.78 Å². The summed E-state index contributed by atoms with van der Waals surface area (Å²) in [5.41, 5.74) is -0.562. The normalized spacial score (nSPS) is 11.7. The molecule has 3 nitrogen and oxygen atoms in total. The maximum atomic E-state index is 11.9. The Balaban J connectivity index is 4.15. The largest absolute Gasteiger partial charge is 0.385 e. The lowest BCUT2D eigenvalue weighted by Crippen LogP contribution is -2.39. The lowest BCUT2D eigenvalue weighted by atomic mass is 9.89. The number of ketones is 1. The summed E-state index contributed by atoms with van der Waals surface area (Å²) >= 11 is 0. The molecular weight excluding hydrogens is 180 g/mol. The lowest BCUT2D eigenvalue weighted by molar-refractivity contribution is -0.142. The van der Waals surface area contributed by atoms with Crippen molar-refractivity contribution in [1.82, 2.24) is 0 Å². The summed E-state index contributed by atoms with van der Waals surface area (Å²) < 4.78 is 10.3. The second-order valence-electron chi connectivity index (χ2n) is 3.43. The van der Waals surface area contributed by atoms with Crippen molar-refractivity contribution >= 4 is 5.78 Å². The van der Waals surface area contributed by atoms with E-state index in [0.717, 1.165) is 19.3 Å². The molecule has 0 aliphatic rings. The molecule has 14 heavy (non-hydrogen) atoms. The highest BCUT2D eigenvalue weighted by Crippen LogP contribution is 2.22. The topological polar surface area (TPSA) is 35.5 Å². The van der Waals surface area contributed by atoms with Gasteiger partial charge in [-0.25, -0.2) is 0 Å². The van der Waals surface area contributed by atoms with Gasteiger partial charge in [0.1, 0.15) is 5.60 Å². The molecule has 0 radical (unpaired) electrons. The van der Waals surface area contributed by atoms with Crippen molar-refractivity contribution in [3.63, 3.8) is 0 Å². The highest BCUT2D eigenvalue weighted by molar-refractivity contribution is 5.87. The first kappa shape index (κ1) is 13.6. The Labute approximate surface area is 86.8 Å². The molecule has 0 fully saturated rings. The number of carbonyl (C=O) groups excluding carboxylic acids is 1. The minimum Gasteiger partial charge on any atom is -0.385 e. The van der Waals surface area contributed by atoms with E-state index in [1.807, 2.05) is 13.8 Å². The van der Waals surface area contributed by atoms with Gasteiger partial charge in [0, 0.05) is 27.2 Å². The minimum atomic E-state index is -0.562. The van der Waals surface area contributed by atoms with Crippen LogP contribution in [-0.2, 0) is 14.3 Å². The number of ether oxygens (including phenoxy) is 2. The highest BCUT2D eigenvalue weighted by atomic mass is 16.5. The standard InChI is InChI=1S/C11H22O3/c1-5-11(6-2,14-4)10(12)8-7-9-13-3/h5-9H2,1-4H3. The van der Waals surface area contributed by atoms with E-state index < -0.39 is 5.60 Å². The number of methoxy groups -OCH3 is 2. The van der Waals surface area contributed by atoms with Crippen LogP contribution in [0.5, 0.6) is 0 Å². The Morgan fingerprint density at radius 2 is 1.79 bits per heavy atom. The molecule has 3 heteroatoms. The van der Waals surface area contributed by atoms with Gasteiger partial charge in [-0.15, -0.1) is 0 Å². The predicted molar refractivity (Wildman–Crippen MR) is 56.4 cm³/mol. The van der Waals surface area contributed by atoms with Crippen molar-refractivity contribution in [3.8, 4) is 0 Å². The van der Waals surface area contributed by atoms with Gasteiger partial charge in [0.2, 0.25) is 0 Å². The quantitative estimate of drug-likeness (QED) is 0.566. The van der Waals surface area contributed by atoms with Gasteiger partial charge in [-0.2, -0.15) is 0 Å². The Kier molecular flexibility index (Phi) is 6.75. The Morgan fingerprint density at radius 1 is 1.21 bits per heavy atom. The molecule has 0 saturated carbocycles. The van der Waals surface area contributed by atoms with Crippen molar-refractivity contribution in [2.45, 2.75) is 45.1 Å². The Morgan fingerprint density at radius 3 is 2.14 bits per heavy atom. The summed E-state index contributed by atoms with van der Waals surface area (Å²) in [7, 11) is 3.26. The molecule has 0 aliphatic carbocycles. The van der Waals surface area contributed by atoms with Crippen LogP contribution in [-0.4, -0.2) is 32.2 Å². The SMILES string of the molecule is CCC(CC)(OC)C(=O)CCCOC. The summed E-state index contributed by atoms with van der Waals surface area (Å²) in [6.07, 6.45) is 2.81. The zero-order chi connectivity index (χ0) is 11.0. The van der Waals surface area contributed by atoms with Crippen molar-refractivity contribution in [1.29, 1.82) is 0 Å². The second-order valence-corrected chi connectivity index (χ2v) is 3.43. The van der Waals surface area contributed by atoms with E-state index in [4.69, 9.17) is 9.47 Å². The zero-order valence-corrected chi connectivity index (χ0v) is 9.76. The van der Waals surface area contributed by atoms with Gasteiger partial charge in [0.25, 0.3) is 0 Å². The van der Waals surface area contributed by atoms with Crippen molar-refractivity contribution in [3.05, 3.63) is 0 Å². The molecule has 0 aliphatic heterocycles. The number of carbonyl (C=O) groups is 1. The third-order valence-electron chi connectivity index (χ3n) is 2.79. The molecular formula is C11H22O3. The number of Topliss-reactive ketones (excluding diaryl/α,β-unsaturated/α-hetero) is 1. The van der Waals surface area contributed by atoms with Crippen LogP contribution < -0.4 is 0 Å². The van der Waals surface area contributed by atoms with Crippen molar-refractivity contribution in [2.24, 2.45) is 0 Å². The first-order valence-electron chi connectivity index (χ1n) is 5.24. The van der Waals surface area contributed by atoms with Gasteiger partial charge < -0.3 is 9.47 Å². The number of hydrogen-bond acceptors (Lipinski definition) is 3. The molecule has 0 heterocycles. The van der Waals surface area contributed by atoms with E-state index in [9.17, 15) is 4.79 Å². The third kappa shape index (κ3) is 3.39. The van der Waals surface area contributed by atoms with Gasteiger partial charge in [0.05, 0.1) is 0 Å². The average molecular weight is 202 g/mol. The lowest BCUT2D eigenvalue weighted by Gasteiger charge is -2.28. The van der Waals surface area contributed by atoms with Crippen LogP contribution in [0, 0.1) is 0 Å². The molecule has 84 valence electrons. The van der Waals surface area contributed by atoms with E-state index in [1.54, 1.807) is 14.2 Å². The minimum absolute atomic E-state index is 0.196. The fourth-order valence-electron chi connectivity index (χ4n) is 1.65. The molecule has 0 unspecified atom stereocenters. The van der Waals surface area contributed by atoms with Crippen molar-refractivity contribution < 1.29 is 14.3 Å². The monoisotopic (exact) mass is 202 g/mol. The summed E-state index contributed by atoms with van der Waals surface area (Å²) in [6, 6.07) is 0. The molecule has 0 aromatic carbocycles. The van der Waals surface area contributed by atoms with Crippen LogP contribution in [0.1, 0.15) is 39.5 Å². The van der Waals surface area contributed by atoms with E-state index in [2.05, 4.69) is 0 Å². The van der Waals surface area contributed by atoms with Crippen LogP contribution in [0.3, 0.4) is 0 Å². The van der Waals surface area contributed by atoms with Gasteiger partial charge >= 0.3 is 0 Å². The van der Waals surface area contributed by atoms with Crippen molar-refractivity contribution in [2.75, 3.05) is 20.8 Å². The van der Waals surface area contributed by atoms with Gasteiger partial charge in [-0.3, -0.25) is 4.79 Å². The van der Waals surface area contributed by atoms with Crippen LogP contribution in [0.25, 0.3) is 0 Å². The van der Waals surface area contributed by atoms with Crippen LogP contribution in [0.2, 0.25) is 0 Å². The maximum Gasteiger partial charge on any atom is 0.164 e. The Hall–Kier alpha value is -0.410. The van der Waals surface area contributed by atoms with Gasteiger partial charge in [-0.05, 0) is 19.3 Å². The first-order chi connectivity index (χ1) is 6.66. The third-order valence-corrected chi connectivity index (χ3v) is 2.79. The summed E-state index contributed by atoms with van der Waals surface area (Å²) in [5.74, 6) is 0.196. The zero-order valence-electron chi connectivity index (χ0n) is 9.76. The Bertz CT molecular complexity index is 154. The van der Waals surface area contributed by atoms with E-state index in [-0.39, 0.29) is 5.78 Å². The molecule has 0 amide bonds. The molecule has 0 aromatic heterocycles. The molecule has 0 bridgehead atoms. The average Bonchev–Trinajstić information content (AvgIpc) is 2.22. The fourth-order valence-corrected chi connectivity index (χ4v) is 1.65. The molecule has 0 spiro atoms. The molecule has 0 aromatic rings. The highest BCUT2D eigenvalue weighted by Gasteiger charge is 2.33. The first-order valence-corrected chi connectivity index (χ1v) is 5.24. The molecule has 0 saturated heterocycles. The second kappa shape index (κ2) is 6.96. The molecule has 0 N–H and O–H groups in total. The van der Waals surface area contributed by atoms with E-state index in [0.29, 0.717) is 13.0 Å². The predicted octanol–water partition coefficient (Wildman–Crippen LogP) is 2.19. The van der Waals surface area contributed by atoms with Crippen LogP contribution in [0.15, 0.2) is 0 Å². The van der Waals surface area contributed by atoms with Gasteiger partial charge in [-0.1, -0.05) is 13.8 Å². The number of hydrogen-bond donors (Lipinski definition) is 0. The van der Waals surface area contributed by atoms with E-state index in [1.165, 1.54) is 0 Å². The fraction of sp³-hybridized carbons (Fsp3) is 0.909. The van der Waals surface area contributed by atoms with E-state index >= 15 is 0 Å². The smallest absolute Gasteiger partial charge is 0.164 e. The summed E-state index contributed by atoms with van der Waals surface area (Å²) in [5, 5.41) is 0. The molecule has 0 atom stereocenters. The number of rotatable bonds is 8. The van der Waals surface area contributed by atoms with Crippen LogP contribution in [0.4, 0.5) is 0 Å². The summed E-state index contributed by atoms with van der Waals surface area (Å²) in [6.45, 7) is 4.61. The van der Waals surface area contributed by atoms with Crippen LogP contribution >= 0.6 is 0 Å². The molecule has 0 rings (SSSR count). The maximum absolute atomic E-state index is 11.9.